The van der Waals surface area contributed by atoms with Gasteiger partial charge in [0.25, 0.3) is 0 Å². The molecule has 1 amide bonds. The topological polar surface area (TPSA) is 69.6 Å². The fourth-order valence-corrected chi connectivity index (χ4v) is 1.75. The summed E-state index contributed by atoms with van der Waals surface area (Å²) in [7, 11) is 0. The first kappa shape index (κ1) is 11.4. The summed E-state index contributed by atoms with van der Waals surface area (Å²) in [4.78, 5) is 23.7. The van der Waals surface area contributed by atoms with Gasteiger partial charge in [0.05, 0.1) is 6.54 Å². The predicted molar refractivity (Wildman–Crippen MR) is 58.2 cm³/mol. The lowest BCUT2D eigenvalue weighted by molar-refractivity contribution is -0.142. The van der Waals surface area contributed by atoms with Crippen molar-refractivity contribution in [2.75, 3.05) is 18.0 Å². The first-order chi connectivity index (χ1) is 8.06. The second-order valence-electron chi connectivity index (χ2n) is 3.82. The highest BCUT2D eigenvalue weighted by molar-refractivity contribution is 5.89. The summed E-state index contributed by atoms with van der Waals surface area (Å²) in [5.41, 5.74) is 0.506. The summed E-state index contributed by atoms with van der Waals surface area (Å²) in [6.45, 7) is 0.164. The van der Waals surface area contributed by atoms with Gasteiger partial charge in [-0.25, -0.2) is 9.18 Å². The van der Waals surface area contributed by atoms with Crippen molar-refractivity contribution in [3.63, 3.8) is 0 Å². The Kier molecular flexibility index (Phi) is 2.95. The Hall–Kier alpha value is -2.11. The van der Waals surface area contributed by atoms with Gasteiger partial charge < -0.3 is 15.3 Å². The summed E-state index contributed by atoms with van der Waals surface area (Å²) in [6, 6.07) is 4.77. The van der Waals surface area contributed by atoms with E-state index in [9.17, 15) is 14.0 Å². The maximum absolute atomic E-state index is 13.0. The van der Waals surface area contributed by atoms with Crippen LogP contribution in [-0.2, 0) is 9.59 Å². The lowest BCUT2D eigenvalue weighted by atomic mass is 10.2. The zero-order chi connectivity index (χ0) is 12.4. The normalized spacial score (nSPS) is 19.9. The maximum Gasteiger partial charge on any atom is 0.328 e. The van der Waals surface area contributed by atoms with Crippen molar-refractivity contribution in [3.05, 3.63) is 30.1 Å². The quantitative estimate of drug-likeness (QED) is 0.773. The van der Waals surface area contributed by atoms with Gasteiger partial charge in [-0.05, 0) is 18.2 Å². The highest BCUT2D eigenvalue weighted by atomic mass is 19.1. The summed E-state index contributed by atoms with van der Waals surface area (Å²) >= 11 is 0. The molecule has 1 aromatic rings. The summed E-state index contributed by atoms with van der Waals surface area (Å²) < 4.78 is 13.0. The van der Waals surface area contributed by atoms with E-state index < -0.39 is 17.8 Å². The third kappa shape index (κ3) is 2.52. The molecule has 5 nitrogen and oxygen atoms in total. The van der Waals surface area contributed by atoms with E-state index >= 15 is 0 Å². The minimum Gasteiger partial charge on any atom is -0.480 e. The van der Waals surface area contributed by atoms with Crippen LogP contribution in [-0.4, -0.2) is 36.1 Å². The number of halogens is 1. The van der Waals surface area contributed by atoms with Gasteiger partial charge in [-0.1, -0.05) is 6.07 Å². The molecule has 0 aromatic heterocycles. The van der Waals surface area contributed by atoms with Gasteiger partial charge in [-0.3, -0.25) is 4.79 Å². The molecule has 17 heavy (non-hydrogen) atoms. The molecule has 1 aliphatic rings. The van der Waals surface area contributed by atoms with Crippen LogP contribution in [0.25, 0.3) is 0 Å². The Morgan fingerprint density at radius 2 is 2.29 bits per heavy atom. The first-order valence-corrected chi connectivity index (χ1v) is 5.09. The van der Waals surface area contributed by atoms with Crippen LogP contribution < -0.4 is 10.2 Å². The Balaban J connectivity index is 2.21. The molecular formula is C11H11FN2O3. The molecule has 6 heteroatoms. The molecule has 0 aliphatic carbocycles. The Bertz CT molecular complexity index is 464. The van der Waals surface area contributed by atoms with Crippen molar-refractivity contribution in [1.29, 1.82) is 0 Å². The van der Waals surface area contributed by atoms with E-state index in [4.69, 9.17) is 5.11 Å². The second kappa shape index (κ2) is 4.40. The average Bonchev–Trinajstić information content (AvgIpc) is 2.28. The molecule has 1 aliphatic heterocycles. The van der Waals surface area contributed by atoms with Crippen molar-refractivity contribution < 1.29 is 19.1 Å². The van der Waals surface area contributed by atoms with Gasteiger partial charge in [-0.15, -0.1) is 0 Å². The number of amides is 1. The largest absolute Gasteiger partial charge is 0.480 e. The fraction of sp³-hybridized carbons (Fsp3) is 0.273. The molecule has 1 heterocycles. The van der Waals surface area contributed by atoms with Crippen LogP contribution >= 0.6 is 0 Å². The van der Waals surface area contributed by atoms with Crippen LogP contribution in [0.4, 0.5) is 10.1 Å². The van der Waals surface area contributed by atoms with Gasteiger partial charge in [0.1, 0.15) is 11.9 Å². The zero-order valence-electron chi connectivity index (χ0n) is 8.89. The van der Waals surface area contributed by atoms with E-state index in [1.54, 1.807) is 11.0 Å². The molecule has 0 saturated carbocycles. The zero-order valence-corrected chi connectivity index (χ0v) is 8.89. The number of carboxylic acids is 1. The van der Waals surface area contributed by atoms with E-state index in [-0.39, 0.29) is 19.0 Å². The number of carboxylic acid groups (broad SMARTS) is 1. The van der Waals surface area contributed by atoms with E-state index in [0.29, 0.717) is 5.69 Å². The third-order valence-electron chi connectivity index (χ3n) is 2.54. The van der Waals surface area contributed by atoms with E-state index in [1.807, 2.05) is 0 Å². The molecule has 90 valence electrons. The molecule has 1 aromatic carbocycles. The SMILES string of the molecule is O=C1CN(c2cccc(F)c2)CC(C(=O)O)N1. The predicted octanol–water partition coefficient (Wildman–Crippen LogP) is 0.215. The number of nitrogens with zero attached hydrogens (tertiary/aromatic N) is 1. The van der Waals surface area contributed by atoms with Crippen LogP contribution in [0.1, 0.15) is 0 Å². The summed E-state index contributed by atoms with van der Waals surface area (Å²) in [5.74, 6) is -1.90. The average molecular weight is 238 g/mol. The van der Waals surface area contributed by atoms with Crippen molar-refractivity contribution in [3.8, 4) is 0 Å². The molecule has 2 rings (SSSR count). The number of carbonyl (C=O) groups excluding carboxylic acids is 1. The third-order valence-corrected chi connectivity index (χ3v) is 2.54. The minimum atomic E-state index is -1.10. The number of piperazine rings is 1. The van der Waals surface area contributed by atoms with Gasteiger partial charge >= 0.3 is 5.97 Å². The van der Waals surface area contributed by atoms with Crippen molar-refractivity contribution >= 4 is 17.6 Å². The Morgan fingerprint density at radius 3 is 2.94 bits per heavy atom. The number of nitrogens with one attached hydrogen (secondary N) is 1. The fourth-order valence-electron chi connectivity index (χ4n) is 1.75. The van der Waals surface area contributed by atoms with Crippen LogP contribution in [0, 0.1) is 5.82 Å². The number of hydrogen-bond acceptors (Lipinski definition) is 3. The lowest BCUT2D eigenvalue weighted by Crippen LogP contribution is -2.57. The maximum atomic E-state index is 13.0. The summed E-state index contributed by atoms with van der Waals surface area (Å²) in [5, 5.41) is 11.2. The van der Waals surface area contributed by atoms with Crippen molar-refractivity contribution in [2.24, 2.45) is 0 Å². The van der Waals surface area contributed by atoms with Crippen molar-refractivity contribution in [1.82, 2.24) is 5.32 Å². The number of aliphatic carboxylic acids is 1. The highest BCUT2D eigenvalue weighted by Gasteiger charge is 2.29. The Morgan fingerprint density at radius 1 is 1.53 bits per heavy atom. The van der Waals surface area contributed by atoms with Gasteiger partial charge in [0, 0.05) is 12.2 Å². The van der Waals surface area contributed by atoms with Crippen LogP contribution in [0.5, 0.6) is 0 Å². The number of hydrogen-bond donors (Lipinski definition) is 2. The highest BCUT2D eigenvalue weighted by Crippen LogP contribution is 2.17. The monoisotopic (exact) mass is 238 g/mol. The Labute approximate surface area is 96.8 Å². The lowest BCUT2D eigenvalue weighted by Gasteiger charge is -2.32. The summed E-state index contributed by atoms with van der Waals surface area (Å²) in [6.07, 6.45) is 0. The minimum absolute atomic E-state index is 0.0350. The molecule has 1 atom stereocenters. The van der Waals surface area contributed by atoms with Gasteiger partial charge in [0.2, 0.25) is 5.91 Å². The van der Waals surface area contributed by atoms with Gasteiger partial charge in [0.15, 0.2) is 0 Å². The number of benzene rings is 1. The molecule has 1 unspecified atom stereocenters. The van der Waals surface area contributed by atoms with Crippen LogP contribution in [0.3, 0.4) is 0 Å². The van der Waals surface area contributed by atoms with Crippen LogP contribution in [0.2, 0.25) is 0 Å². The molecule has 0 radical (unpaired) electrons. The number of rotatable bonds is 2. The molecule has 1 fully saturated rings. The number of anilines is 1. The van der Waals surface area contributed by atoms with Gasteiger partial charge in [-0.2, -0.15) is 0 Å². The van der Waals surface area contributed by atoms with Crippen LogP contribution in [0.15, 0.2) is 24.3 Å². The second-order valence-corrected chi connectivity index (χ2v) is 3.82. The standard InChI is InChI=1S/C11H11FN2O3/c12-7-2-1-3-8(4-7)14-5-9(11(16)17)13-10(15)6-14/h1-4,9H,5-6H2,(H,13,15)(H,16,17). The smallest absolute Gasteiger partial charge is 0.328 e. The van der Waals surface area contributed by atoms with E-state index in [1.165, 1.54) is 18.2 Å². The molecule has 0 bridgehead atoms. The van der Waals surface area contributed by atoms with E-state index in [2.05, 4.69) is 5.32 Å². The first-order valence-electron chi connectivity index (χ1n) is 5.09. The molecule has 0 spiro atoms. The molecular weight excluding hydrogens is 227 g/mol. The molecule has 2 N–H and O–H groups in total. The molecule has 1 saturated heterocycles. The number of carbonyl (C=O) groups is 2. The van der Waals surface area contributed by atoms with Crippen molar-refractivity contribution in [2.45, 2.75) is 6.04 Å². The van der Waals surface area contributed by atoms with E-state index in [0.717, 1.165) is 0 Å².